The van der Waals surface area contributed by atoms with Crippen LogP contribution < -0.4 is 0 Å². The van der Waals surface area contributed by atoms with Crippen molar-refractivity contribution in [1.29, 1.82) is 5.26 Å². The van der Waals surface area contributed by atoms with Crippen LogP contribution in [-0.4, -0.2) is 14.6 Å². The minimum Gasteiger partial charge on any atom is -0.238 e. The summed E-state index contributed by atoms with van der Waals surface area (Å²) in [5, 5.41) is 12.8. The first-order valence-electron chi connectivity index (χ1n) is 3.93. The molecule has 2 aromatic heterocycles. The van der Waals surface area contributed by atoms with Gasteiger partial charge in [0.2, 0.25) is 0 Å². The lowest BCUT2D eigenvalue weighted by Crippen LogP contribution is -1.94. The highest BCUT2D eigenvalue weighted by Gasteiger charge is 2.08. The average Bonchev–Trinajstić information content (AvgIpc) is 2.44. The molecule has 0 unspecified atom stereocenters. The SMILES string of the molecule is Cc1ncnn2cc(C#N)c(C)c12. The Morgan fingerprint density at radius 3 is 2.85 bits per heavy atom. The number of nitriles is 1. The molecule has 0 atom stereocenters. The minimum absolute atomic E-state index is 0.656. The molecule has 0 aliphatic rings. The molecular weight excluding hydrogens is 164 g/mol. The summed E-state index contributed by atoms with van der Waals surface area (Å²) in [5.41, 5.74) is 3.43. The van der Waals surface area contributed by atoms with Crippen LogP contribution in [0.3, 0.4) is 0 Å². The van der Waals surface area contributed by atoms with Crippen LogP contribution in [0, 0.1) is 25.2 Å². The van der Waals surface area contributed by atoms with E-state index in [1.54, 1.807) is 10.7 Å². The Bertz CT molecular complexity index is 504. The number of hydrogen-bond acceptors (Lipinski definition) is 3. The second-order valence-corrected chi connectivity index (χ2v) is 2.92. The third-order valence-electron chi connectivity index (χ3n) is 2.13. The molecule has 4 nitrogen and oxygen atoms in total. The fraction of sp³-hybridized carbons (Fsp3) is 0.222. The number of nitrogens with zero attached hydrogens (tertiary/aromatic N) is 4. The van der Waals surface area contributed by atoms with Gasteiger partial charge in [0.25, 0.3) is 0 Å². The van der Waals surface area contributed by atoms with Gasteiger partial charge in [0.1, 0.15) is 12.4 Å². The molecule has 2 heterocycles. The standard InChI is InChI=1S/C9H8N4/c1-6-8(3-10)4-13-9(6)7(2)11-5-12-13/h4-5H,1-2H3. The predicted molar refractivity (Wildman–Crippen MR) is 47.2 cm³/mol. The van der Waals surface area contributed by atoms with E-state index in [4.69, 9.17) is 5.26 Å². The molecule has 0 saturated carbocycles. The number of aromatic nitrogens is 3. The van der Waals surface area contributed by atoms with Gasteiger partial charge in [-0.3, -0.25) is 0 Å². The highest BCUT2D eigenvalue weighted by Crippen LogP contribution is 2.17. The van der Waals surface area contributed by atoms with E-state index in [-0.39, 0.29) is 0 Å². The van der Waals surface area contributed by atoms with Crippen molar-refractivity contribution < 1.29 is 0 Å². The molecule has 2 rings (SSSR count). The lowest BCUT2D eigenvalue weighted by atomic mass is 10.2. The van der Waals surface area contributed by atoms with E-state index in [0.717, 1.165) is 16.8 Å². The molecule has 0 aliphatic heterocycles. The third-order valence-corrected chi connectivity index (χ3v) is 2.13. The van der Waals surface area contributed by atoms with Crippen LogP contribution in [0.1, 0.15) is 16.8 Å². The average molecular weight is 172 g/mol. The Kier molecular flexibility index (Phi) is 1.52. The molecule has 0 aliphatic carbocycles. The van der Waals surface area contributed by atoms with E-state index in [9.17, 15) is 0 Å². The van der Waals surface area contributed by atoms with Crippen LogP contribution in [0.25, 0.3) is 5.52 Å². The summed E-state index contributed by atoms with van der Waals surface area (Å²) < 4.78 is 1.69. The van der Waals surface area contributed by atoms with Crippen molar-refractivity contribution in [2.75, 3.05) is 0 Å². The van der Waals surface area contributed by atoms with Gasteiger partial charge in [0.05, 0.1) is 16.8 Å². The molecule has 0 amide bonds. The molecule has 64 valence electrons. The zero-order chi connectivity index (χ0) is 9.42. The maximum absolute atomic E-state index is 8.80. The van der Waals surface area contributed by atoms with Crippen LogP contribution in [0.5, 0.6) is 0 Å². The van der Waals surface area contributed by atoms with Gasteiger partial charge in [-0.25, -0.2) is 9.50 Å². The van der Waals surface area contributed by atoms with Gasteiger partial charge in [-0.2, -0.15) is 10.4 Å². The van der Waals surface area contributed by atoms with E-state index < -0.39 is 0 Å². The maximum atomic E-state index is 8.80. The zero-order valence-electron chi connectivity index (χ0n) is 7.44. The van der Waals surface area contributed by atoms with E-state index in [0.29, 0.717) is 5.56 Å². The summed E-state index contributed by atoms with van der Waals surface area (Å²) in [6, 6.07) is 2.12. The molecule has 0 N–H and O–H groups in total. The van der Waals surface area contributed by atoms with Gasteiger partial charge >= 0.3 is 0 Å². The highest BCUT2D eigenvalue weighted by atomic mass is 15.2. The van der Waals surface area contributed by atoms with E-state index >= 15 is 0 Å². The number of hydrogen-bond donors (Lipinski definition) is 0. The van der Waals surface area contributed by atoms with Crippen LogP contribution in [0.4, 0.5) is 0 Å². The Balaban J connectivity index is 2.95. The Morgan fingerprint density at radius 2 is 2.23 bits per heavy atom. The van der Waals surface area contributed by atoms with Gasteiger partial charge in [-0.15, -0.1) is 0 Å². The molecule has 0 fully saturated rings. The van der Waals surface area contributed by atoms with E-state index in [2.05, 4.69) is 16.2 Å². The monoisotopic (exact) mass is 172 g/mol. The van der Waals surface area contributed by atoms with Gasteiger partial charge in [-0.1, -0.05) is 0 Å². The smallest absolute Gasteiger partial charge is 0.136 e. The lowest BCUT2D eigenvalue weighted by molar-refractivity contribution is 0.885. The molecule has 2 aromatic rings. The normalized spacial score (nSPS) is 10.2. The van der Waals surface area contributed by atoms with Gasteiger partial charge in [0, 0.05) is 6.20 Å². The van der Waals surface area contributed by atoms with Crippen molar-refractivity contribution in [3.05, 3.63) is 29.3 Å². The molecule has 13 heavy (non-hydrogen) atoms. The fourth-order valence-corrected chi connectivity index (χ4v) is 1.45. The van der Waals surface area contributed by atoms with Crippen molar-refractivity contribution in [2.45, 2.75) is 13.8 Å². The zero-order valence-corrected chi connectivity index (χ0v) is 7.44. The molecular formula is C9H8N4. The Labute approximate surface area is 75.4 Å². The number of rotatable bonds is 0. The van der Waals surface area contributed by atoms with Gasteiger partial charge in [-0.05, 0) is 19.4 Å². The molecule has 4 heteroatoms. The topological polar surface area (TPSA) is 54.0 Å². The van der Waals surface area contributed by atoms with Crippen molar-refractivity contribution in [2.24, 2.45) is 0 Å². The fourth-order valence-electron chi connectivity index (χ4n) is 1.45. The summed E-state index contributed by atoms with van der Waals surface area (Å²) in [7, 11) is 0. The maximum Gasteiger partial charge on any atom is 0.136 e. The molecule has 0 radical (unpaired) electrons. The summed E-state index contributed by atoms with van der Waals surface area (Å²) in [5.74, 6) is 0. The molecule has 0 spiro atoms. The molecule has 0 saturated heterocycles. The lowest BCUT2D eigenvalue weighted by Gasteiger charge is -1.96. The minimum atomic E-state index is 0.656. The van der Waals surface area contributed by atoms with Crippen molar-refractivity contribution in [1.82, 2.24) is 14.6 Å². The quantitative estimate of drug-likeness (QED) is 0.600. The van der Waals surface area contributed by atoms with Crippen LogP contribution in [0.2, 0.25) is 0 Å². The van der Waals surface area contributed by atoms with Crippen molar-refractivity contribution in [3.63, 3.8) is 0 Å². The summed E-state index contributed by atoms with van der Waals surface area (Å²) in [6.45, 7) is 3.81. The largest absolute Gasteiger partial charge is 0.238 e. The first-order chi connectivity index (χ1) is 6.24. The molecule has 0 bridgehead atoms. The van der Waals surface area contributed by atoms with Gasteiger partial charge in [0.15, 0.2) is 0 Å². The second-order valence-electron chi connectivity index (χ2n) is 2.92. The van der Waals surface area contributed by atoms with Crippen LogP contribution >= 0.6 is 0 Å². The second kappa shape index (κ2) is 2.56. The predicted octanol–water partition coefficient (Wildman–Crippen LogP) is 1.22. The van der Waals surface area contributed by atoms with E-state index in [1.807, 2.05) is 13.8 Å². The summed E-state index contributed by atoms with van der Waals surface area (Å²) in [6.07, 6.45) is 3.21. The van der Waals surface area contributed by atoms with E-state index in [1.165, 1.54) is 6.33 Å². The number of aryl methyl sites for hydroxylation is 2. The van der Waals surface area contributed by atoms with Crippen LogP contribution in [-0.2, 0) is 0 Å². The number of fused-ring (bicyclic) bond motifs is 1. The summed E-state index contributed by atoms with van der Waals surface area (Å²) >= 11 is 0. The summed E-state index contributed by atoms with van der Waals surface area (Å²) in [4.78, 5) is 4.07. The van der Waals surface area contributed by atoms with Crippen molar-refractivity contribution in [3.8, 4) is 6.07 Å². The Hall–Kier alpha value is -1.89. The first kappa shape index (κ1) is 7.74. The van der Waals surface area contributed by atoms with Gasteiger partial charge < -0.3 is 0 Å². The molecule has 0 aromatic carbocycles. The van der Waals surface area contributed by atoms with Crippen molar-refractivity contribution >= 4 is 5.52 Å². The first-order valence-corrected chi connectivity index (χ1v) is 3.93. The Morgan fingerprint density at radius 1 is 1.46 bits per heavy atom. The third kappa shape index (κ3) is 0.975. The van der Waals surface area contributed by atoms with Crippen LogP contribution in [0.15, 0.2) is 12.5 Å². The highest BCUT2D eigenvalue weighted by molar-refractivity contribution is 5.63.